The lowest BCUT2D eigenvalue weighted by Crippen LogP contribution is -2.32. The second-order valence-electron chi connectivity index (χ2n) is 17.9. The third-order valence-corrected chi connectivity index (χ3v) is 14.5. The highest BCUT2D eigenvalue weighted by Crippen LogP contribution is 2.64. The number of hydrogen-bond donors (Lipinski definition) is 0. The Morgan fingerprint density at radius 2 is 0.881 bits per heavy atom. The summed E-state index contributed by atoms with van der Waals surface area (Å²) in [7, 11) is 0. The molecule has 2 aromatic heterocycles. The Labute approximate surface area is 385 Å². The molecule has 0 amide bonds. The Bertz CT molecular complexity index is 4130. The van der Waals surface area contributed by atoms with Gasteiger partial charge < -0.3 is 18.5 Å². The van der Waals surface area contributed by atoms with E-state index in [1.165, 1.54) is 33.4 Å². The Kier molecular flexibility index (Phi) is 7.40. The molecule has 67 heavy (non-hydrogen) atoms. The van der Waals surface area contributed by atoms with E-state index in [2.05, 4.69) is 205 Å². The number of anilines is 3. The predicted octanol–water partition coefficient (Wildman–Crippen LogP) is 17.4. The van der Waals surface area contributed by atoms with Crippen molar-refractivity contribution in [1.82, 2.24) is 0 Å². The first-order chi connectivity index (χ1) is 33.2. The van der Waals surface area contributed by atoms with Gasteiger partial charge in [0.05, 0.1) is 11.1 Å². The molecule has 11 aromatic carbocycles. The Morgan fingerprint density at radius 1 is 0.328 bits per heavy atom. The van der Waals surface area contributed by atoms with Crippen molar-refractivity contribution >= 4 is 82.5 Å². The molecular weight excluding hydrogens is 819 g/mol. The summed E-state index contributed by atoms with van der Waals surface area (Å²) in [5.74, 6) is 1.85. The monoisotopic (exact) mass is 855 g/mol. The first-order valence-corrected chi connectivity index (χ1v) is 22.9. The zero-order chi connectivity index (χ0) is 43.8. The quantitative estimate of drug-likeness (QED) is 0.177. The van der Waals surface area contributed by atoms with Crippen LogP contribution in [0, 0.1) is 0 Å². The van der Waals surface area contributed by atoms with Gasteiger partial charge >= 0.3 is 0 Å². The third kappa shape index (κ3) is 5.01. The molecule has 0 saturated heterocycles. The molecule has 0 unspecified atom stereocenters. The number of hydrogen-bond acceptors (Lipinski definition) is 4. The van der Waals surface area contributed by atoms with Gasteiger partial charge in [0.2, 0.25) is 0 Å². The topological polar surface area (TPSA) is 38.8 Å². The van der Waals surface area contributed by atoms with E-state index in [0.717, 1.165) is 105 Å². The predicted molar refractivity (Wildman–Crippen MR) is 274 cm³/mol. The number of para-hydroxylation sites is 3. The first kappa shape index (κ1) is 36.5. The minimum atomic E-state index is -0.592. The highest BCUT2D eigenvalue weighted by molar-refractivity contribution is 6.11. The highest BCUT2D eigenvalue weighted by atomic mass is 16.5. The molecule has 4 heteroatoms. The highest BCUT2D eigenvalue weighted by Gasteiger charge is 2.51. The van der Waals surface area contributed by atoms with Gasteiger partial charge in [-0.1, -0.05) is 170 Å². The van der Waals surface area contributed by atoms with Gasteiger partial charge in [-0.05, 0) is 98.8 Å². The van der Waals surface area contributed by atoms with Crippen LogP contribution in [0.4, 0.5) is 17.1 Å². The van der Waals surface area contributed by atoms with Gasteiger partial charge in [0, 0.05) is 54.8 Å². The number of nitrogens with zero attached hydrogens (tertiary/aromatic N) is 1. The van der Waals surface area contributed by atoms with Crippen LogP contribution in [0.2, 0.25) is 0 Å². The molecule has 1 aliphatic heterocycles. The van der Waals surface area contributed by atoms with E-state index in [0.29, 0.717) is 0 Å². The van der Waals surface area contributed by atoms with Gasteiger partial charge in [0.15, 0.2) is 5.58 Å². The molecule has 0 bridgehead atoms. The van der Waals surface area contributed by atoms with E-state index in [9.17, 15) is 0 Å². The summed E-state index contributed by atoms with van der Waals surface area (Å²) < 4.78 is 20.1. The largest absolute Gasteiger partial charge is 0.456 e. The summed E-state index contributed by atoms with van der Waals surface area (Å²) >= 11 is 0. The molecule has 312 valence electrons. The fourth-order valence-corrected chi connectivity index (χ4v) is 11.6. The molecule has 13 aromatic rings. The molecular formula is C63H37NO3. The zero-order valence-electron chi connectivity index (χ0n) is 36.0. The van der Waals surface area contributed by atoms with Crippen LogP contribution in [0.15, 0.2) is 233 Å². The summed E-state index contributed by atoms with van der Waals surface area (Å²) in [5, 5.41) is 8.89. The average molecular weight is 856 g/mol. The van der Waals surface area contributed by atoms with Crippen molar-refractivity contribution in [2.24, 2.45) is 0 Å². The molecule has 1 aliphatic carbocycles. The van der Waals surface area contributed by atoms with Gasteiger partial charge in [-0.25, -0.2) is 0 Å². The molecule has 3 heterocycles. The van der Waals surface area contributed by atoms with Crippen LogP contribution in [0.5, 0.6) is 11.5 Å². The Morgan fingerprint density at radius 3 is 1.63 bits per heavy atom. The molecule has 0 N–H and O–H groups in total. The molecule has 4 nitrogen and oxygen atoms in total. The third-order valence-electron chi connectivity index (χ3n) is 14.5. The van der Waals surface area contributed by atoms with Crippen molar-refractivity contribution in [3.8, 4) is 33.8 Å². The lowest BCUT2D eigenvalue weighted by atomic mass is 9.65. The second kappa shape index (κ2) is 13.6. The van der Waals surface area contributed by atoms with Crippen LogP contribution in [0.25, 0.3) is 87.7 Å². The molecule has 0 saturated carbocycles. The van der Waals surface area contributed by atoms with Crippen LogP contribution < -0.4 is 9.64 Å². The first-order valence-electron chi connectivity index (χ1n) is 22.9. The zero-order valence-corrected chi connectivity index (χ0v) is 36.0. The minimum Gasteiger partial charge on any atom is -0.456 e. The van der Waals surface area contributed by atoms with Gasteiger partial charge in [-0.3, -0.25) is 0 Å². The van der Waals surface area contributed by atoms with Crippen LogP contribution in [-0.4, -0.2) is 0 Å². The smallest absolute Gasteiger partial charge is 0.159 e. The average Bonchev–Trinajstić information content (AvgIpc) is 4.05. The van der Waals surface area contributed by atoms with E-state index in [-0.39, 0.29) is 0 Å². The number of rotatable bonds is 4. The van der Waals surface area contributed by atoms with E-state index in [1.807, 2.05) is 24.3 Å². The van der Waals surface area contributed by atoms with Crippen molar-refractivity contribution in [2.45, 2.75) is 5.41 Å². The van der Waals surface area contributed by atoms with Crippen LogP contribution in [-0.2, 0) is 5.41 Å². The Balaban J connectivity index is 0.909. The van der Waals surface area contributed by atoms with E-state index >= 15 is 0 Å². The molecule has 2 aliphatic rings. The van der Waals surface area contributed by atoms with E-state index in [4.69, 9.17) is 13.6 Å². The summed E-state index contributed by atoms with van der Waals surface area (Å²) in [5.41, 5.74) is 15.5. The lowest BCUT2D eigenvalue weighted by Gasteiger charge is -2.40. The summed E-state index contributed by atoms with van der Waals surface area (Å²) in [6.45, 7) is 0. The fourth-order valence-electron chi connectivity index (χ4n) is 11.6. The number of fused-ring (bicyclic) bond motifs is 19. The van der Waals surface area contributed by atoms with Crippen molar-refractivity contribution in [3.05, 3.63) is 247 Å². The van der Waals surface area contributed by atoms with Crippen molar-refractivity contribution in [1.29, 1.82) is 0 Å². The summed E-state index contributed by atoms with van der Waals surface area (Å²) in [6.07, 6.45) is 0. The SMILES string of the molecule is c1ccc2c(c1)-c1cc(-c3ccc(N(c4ccc5oc6ccccc6c5c4)c4cccc5c4oc4ccccc45)cc3)ccc1C21c2ccc3ccccc3c2Oc2c1ccc1ccccc21. The molecule has 15 rings (SSSR count). The fraction of sp³-hybridized carbons (Fsp3) is 0.0159. The van der Waals surface area contributed by atoms with Crippen LogP contribution in [0.3, 0.4) is 0 Å². The lowest BCUT2D eigenvalue weighted by molar-refractivity contribution is 0.447. The summed E-state index contributed by atoms with van der Waals surface area (Å²) in [4.78, 5) is 2.31. The van der Waals surface area contributed by atoms with Crippen molar-refractivity contribution < 1.29 is 13.6 Å². The van der Waals surface area contributed by atoms with E-state index < -0.39 is 5.41 Å². The molecule has 1 spiro atoms. The van der Waals surface area contributed by atoms with Gasteiger partial charge in [-0.15, -0.1) is 0 Å². The standard InChI is InChI=1S/C63H37NO3/c1-3-14-44-39(12-1)26-33-54-60(44)67-61-45-15-4-2-13-40(45)27-34-55(61)63(54)52-20-8-5-16-46(52)50-36-41(28-32-53(50)63)38-24-29-42(30-25-38)64(43-31-35-59-51(37-43)48-18-7-9-22-57(48)65-59)56-21-11-19-49-47-17-6-10-23-58(47)66-62(49)56/h1-37H. The van der Waals surface area contributed by atoms with Gasteiger partial charge in [0.25, 0.3) is 0 Å². The maximum atomic E-state index is 7.17. The molecule has 0 fully saturated rings. The normalized spacial score (nSPS) is 13.3. The maximum Gasteiger partial charge on any atom is 0.159 e. The van der Waals surface area contributed by atoms with Crippen molar-refractivity contribution in [3.63, 3.8) is 0 Å². The van der Waals surface area contributed by atoms with Crippen LogP contribution in [0.1, 0.15) is 22.3 Å². The number of benzene rings is 11. The van der Waals surface area contributed by atoms with Crippen LogP contribution >= 0.6 is 0 Å². The molecule has 0 radical (unpaired) electrons. The van der Waals surface area contributed by atoms with E-state index in [1.54, 1.807) is 0 Å². The van der Waals surface area contributed by atoms with Gasteiger partial charge in [0.1, 0.15) is 28.2 Å². The second-order valence-corrected chi connectivity index (χ2v) is 17.9. The minimum absolute atomic E-state index is 0.592. The Hall–Kier alpha value is -8.86. The van der Waals surface area contributed by atoms with Crippen molar-refractivity contribution in [2.75, 3.05) is 4.90 Å². The molecule has 0 atom stereocenters. The number of furan rings is 2. The summed E-state index contributed by atoms with van der Waals surface area (Å²) in [6, 6.07) is 80.8. The number of ether oxygens (including phenoxy) is 1. The maximum absolute atomic E-state index is 7.17. The van der Waals surface area contributed by atoms with Gasteiger partial charge in [-0.2, -0.15) is 0 Å².